The van der Waals surface area contributed by atoms with Gasteiger partial charge in [0, 0.05) is 25.2 Å². The summed E-state index contributed by atoms with van der Waals surface area (Å²) >= 11 is 0. The van der Waals surface area contributed by atoms with Gasteiger partial charge in [-0.1, -0.05) is 6.92 Å². The molecule has 0 saturated carbocycles. The van der Waals surface area contributed by atoms with Crippen LogP contribution in [0.15, 0.2) is 12.3 Å². The molecule has 0 aromatic carbocycles. The number of aryl methyl sites for hydroxylation is 1. The van der Waals surface area contributed by atoms with Gasteiger partial charge in [0.1, 0.15) is 5.69 Å². The lowest BCUT2D eigenvalue weighted by Crippen LogP contribution is -2.30. The van der Waals surface area contributed by atoms with Gasteiger partial charge >= 0.3 is 0 Å². The number of aromatic nitrogens is 2. The van der Waals surface area contributed by atoms with E-state index in [1.165, 1.54) is 0 Å². The number of rotatable bonds is 3. The number of nitrogens with zero attached hydrogens (tertiary/aromatic N) is 2. The molecule has 0 aliphatic carbocycles. The molecule has 1 rings (SSSR count). The summed E-state index contributed by atoms with van der Waals surface area (Å²) in [5.41, 5.74) is 6.12. The molecule has 72 valence electrons. The first-order valence-corrected chi connectivity index (χ1v) is 4.32. The van der Waals surface area contributed by atoms with Crippen molar-refractivity contribution in [2.45, 2.75) is 19.9 Å². The Hall–Kier alpha value is -1.16. The third-order valence-electron chi connectivity index (χ3n) is 2.17. The summed E-state index contributed by atoms with van der Waals surface area (Å²) in [5.74, 6) is -0.162. The predicted octanol–water partition coefficient (Wildman–Crippen LogP) is 0.586. The number of hydrogen-bond donors (Lipinski definition) is 1. The molecule has 0 spiro atoms. The summed E-state index contributed by atoms with van der Waals surface area (Å²) in [6, 6.07) is 1.58. The first-order valence-electron chi connectivity index (χ1n) is 4.32. The first kappa shape index (κ1) is 9.92. The smallest absolute Gasteiger partial charge is 0.187 e. The van der Waals surface area contributed by atoms with Crippen molar-refractivity contribution in [1.82, 2.24) is 9.78 Å². The molecule has 4 nitrogen and oxygen atoms in total. The van der Waals surface area contributed by atoms with Gasteiger partial charge < -0.3 is 5.73 Å². The van der Waals surface area contributed by atoms with E-state index in [2.05, 4.69) is 5.10 Å². The fraction of sp³-hybridized carbons (Fsp3) is 0.556. The summed E-state index contributed by atoms with van der Waals surface area (Å²) in [6.45, 7) is 3.65. The molecule has 0 bridgehead atoms. The van der Waals surface area contributed by atoms with Crippen molar-refractivity contribution in [1.29, 1.82) is 0 Å². The van der Waals surface area contributed by atoms with E-state index < -0.39 is 0 Å². The van der Waals surface area contributed by atoms with Crippen LogP contribution in [0.3, 0.4) is 0 Å². The van der Waals surface area contributed by atoms with E-state index in [9.17, 15) is 4.79 Å². The van der Waals surface area contributed by atoms with Crippen molar-refractivity contribution in [3.05, 3.63) is 18.0 Å². The van der Waals surface area contributed by atoms with Crippen LogP contribution in [0.1, 0.15) is 24.3 Å². The molecule has 2 N–H and O–H groups in total. The van der Waals surface area contributed by atoms with E-state index in [1.54, 1.807) is 24.0 Å². The zero-order chi connectivity index (χ0) is 10.0. The number of hydrogen-bond acceptors (Lipinski definition) is 3. The maximum Gasteiger partial charge on any atom is 0.187 e. The molecule has 1 aromatic rings. The Morgan fingerprint density at radius 1 is 1.62 bits per heavy atom. The highest BCUT2D eigenvalue weighted by Gasteiger charge is 2.20. The molecule has 0 aliphatic rings. The fourth-order valence-corrected chi connectivity index (χ4v) is 1.02. The first-order chi connectivity index (χ1) is 6.02. The zero-order valence-electron chi connectivity index (χ0n) is 8.19. The number of ketones is 1. The molecule has 0 fully saturated rings. The second-order valence-corrected chi connectivity index (χ2v) is 3.39. The summed E-state index contributed by atoms with van der Waals surface area (Å²) in [7, 11) is 1.79. The van der Waals surface area contributed by atoms with Gasteiger partial charge in [0.25, 0.3) is 0 Å². The number of carbonyl (C=O) groups is 1. The zero-order valence-corrected chi connectivity index (χ0v) is 8.19. The van der Waals surface area contributed by atoms with Crippen molar-refractivity contribution in [2.75, 3.05) is 0 Å². The average Bonchev–Trinajstić information content (AvgIpc) is 2.49. The second-order valence-electron chi connectivity index (χ2n) is 3.39. The molecule has 2 unspecified atom stereocenters. The summed E-state index contributed by atoms with van der Waals surface area (Å²) in [4.78, 5) is 11.6. The maximum atomic E-state index is 11.6. The molecule has 0 radical (unpaired) electrons. The quantitative estimate of drug-likeness (QED) is 0.694. The lowest BCUT2D eigenvalue weighted by Gasteiger charge is -2.11. The van der Waals surface area contributed by atoms with Crippen molar-refractivity contribution >= 4 is 5.78 Å². The molecule has 2 atom stereocenters. The van der Waals surface area contributed by atoms with Crippen LogP contribution in [-0.2, 0) is 7.05 Å². The second kappa shape index (κ2) is 3.70. The van der Waals surface area contributed by atoms with Crippen LogP contribution in [0.4, 0.5) is 0 Å². The molecular formula is C9H15N3O. The highest BCUT2D eigenvalue weighted by molar-refractivity contribution is 5.96. The molecule has 0 saturated heterocycles. The average molecular weight is 181 g/mol. The fourth-order valence-electron chi connectivity index (χ4n) is 1.02. The Balaban J connectivity index is 2.79. The van der Waals surface area contributed by atoms with E-state index in [0.717, 1.165) is 0 Å². The van der Waals surface area contributed by atoms with Gasteiger partial charge in [-0.3, -0.25) is 9.48 Å². The lowest BCUT2D eigenvalue weighted by molar-refractivity contribution is 0.0911. The highest BCUT2D eigenvalue weighted by Crippen LogP contribution is 2.08. The van der Waals surface area contributed by atoms with Crippen LogP contribution in [0, 0.1) is 5.92 Å². The van der Waals surface area contributed by atoms with Crippen LogP contribution in [0.25, 0.3) is 0 Å². The van der Waals surface area contributed by atoms with Crippen LogP contribution in [0.2, 0.25) is 0 Å². The van der Waals surface area contributed by atoms with E-state index >= 15 is 0 Å². The minimum atomic E-state index is -0.171. The van der Waals surface area contributed by atoms with Crippen LogP contribution >= 0.6 is 0 Å². The number of carbonyl (C=O) groups excluding carboxylic acids is 1. The summed E-state index contributed by atoms with van der Waals surface area (Å²) in [5, 5.41) is 4.03. The summed E-state index contributed by atoms with van der Waals surface area (Å²) < 4.78 is 1.61. The maximum absolute atomic E-state index is 11.6. The lowest BCUT2D eigenvalue weighted by atomic mass is 9.97. The normalized spacial score (nSPS) is 15.4. The van der Waals surface area contributed by atoms with Gasteiger partial charge in [-0.05, 0) is 13.0 Å². The topological polar surface area (TPSA) is 60.9 Å². The van der Waals surface area contributed by atoms with Crippen LogP contribution < -0.4 is 5.73 Å². The minimum absolute atomic E-state index is 0.00981. The molecule has 4 heteroatoms. The summed E-state index contributed by atoms with van der Waals surface area (Å²) in [6.07, 6.45) is 1.75. The van der Waals surface area contributed by atoms with E-state index in [-0.39, 0.29) is 17.7 Å². The molecule has 1 aromatic heterocycles. The minimum Gasteiger partial charge on any atom is -0.327 e. The third-order valence-corrected chi connectivity index (χ3v) is 2.17. The third kappa shape index (κ3) is 2.15. The molecule has 13 heavy (non-hydrogen) atoms. The van der Waals surface area contributed by atoms with Crippen molar-refractivity contribution < 1.29 is 4.79 Å². The predicted molar refractivity (Wildman–Crippen MR) is 50.4 cm³/mol. The van der Waals surface area contributed by atoms with Crippen molar-refractivity contribution in [3.8, 4) is 0 Å². The Labute approximate surface area is 77.7 Å². The van der Waals surface area contributed by atoms with Crippen molar-refractivity contribution in [3.63, 3.8) is 0 Å². The molecular weight excluding hydrogens is 166 g/mol. The number of Topliss-reactive ketones (excluding diaryl/α,β-unsaturated/α-hetero) is 1. The SMILES string of the molecule is CC(N)C(C)C(=O)c1ccn(C)n1. The highest BCUT2D eigenvalue weighted by atomic mass is 16.1. The van der Waals surface area contributed by atoms with Crippen LogP contribution in [0.5, 0.6) is 0 Å². The molecule has 0 amide bonds. The van der Waals surface area contributed by atoms with Gasteiger partial charge in [-0.15, -0.1) is 0 Å². The molecule has 1 heterocycles. The van der Waals surface area contributed by atoms with Crippen molar-refractivity contribution in [2.24, 2.45) is 18.7 Å². The van der Waals surface area contributed by atoms with E-state index in [4.69, 9.17) is 5.73 Å². The monoisotopic (exact) mass is 181 g/mol. The Kier molecular flexibility index (Phi) is 2.83. The van der Waals surface area contributed by atoms with Crippen LogP contribution in [-0.4, -0.2) is 21.6 Å². The van der Waals surface area contributed by atoms with Gasteiger partial charge in [-0.2, -0.15) is 5.10 Å². The Morgan fingerprint density at radius 3 is 2.62 bits per heavy atom. The van der Waals surface area contributed by atoms with Gasteiger partial charge in [0.05, 0.1) is 0 Å². The van der Waals surface area contributed by atoms with E-state index in [0.29, 0.717) is 5.69 Å². The van der Waals surface area contributed by atoms with E-state index in [1.807, 2.05) is 13.8 Å². The van der Waals surface area contributed by atoms with Gasteiger partial charge in [0.15, 0.2) is 5.78 Å². The van der Waals surface area contributed by atoms with Gasteiger partial charge in [0.2, 0.25) is 0 Å². The Bertz CT molecular complexity index is 304. The largest absolute Gasteiger partial charge is 0.327 e. The number of nitrogens with two attached hydrogens (primary N) is 1. The molecule has 0 aliphatic heterocycles. The van der Waals surface area contributed by atoms with Gasteiger partial charge in [-0.25, -0.2) is 0 Å². The standard InChI is InChI=1S/C9H15N3O/c1-6(7(2)10)9(13)8-4-5-12(3)11-8/h4-7H,10H2,1-3H3. The Morgan fingerprint density at radius 2 is 2.23 bits per heavy atom.